The summed E-state index contributed by atoms with van der Waals surface area (Å²) in [5.41, 5.74) is 0.537. The number of aryl methyl sites for hydroxylation is 1. The molecule has 0 bridgehead atoms. The largest absolute Gasteiger partial charge is 0.356 e. The standard InChI is InChI=1S/C18H27N5O2S2/c1-3-9-26-10-5-7-19-16(25)14-6-4-8-22(12-14)18-21-23-15(24)11-13(2)20-17(23)27-18/h11,14H,3-10,12H2,1-2H3,(H,19,25)/t14-/m1/s1. The normalized spacial score (nSPS) is 17.4. The van der Waals surface area contributed by atoms with E-state index in [0.717, 1.165) is 43.2 Å². The Kier molecular flexibility index (Phi) is 7.12. The maximum atomic E-state index is 12.5. The number of anilines is 1. The molecule has 148 valence electrons. The van der Waals surface area contributed by atoms with E-state index in [1.54, 1.807) is 0 Å². The molecule has 1 aliphatic heterocycles. The number of aromatic nitrogens is 3. The van der Waals surface area contributed by atoms with Crippen LogP contribution in [0.25, 0.3) is 4.96 Å². The molecule has 2 aromatic heterocycles. The lowest BCUT2D eigenvalue weighted by Gasteiger charge is -2.31. The van der Waals surface area contributed by atoms with E-state index in [0.29, 0.717) is 17.2 Å². The second-order valence-electron chi connectivity index (χ2n) is 6.86. The summed E-state index contributed by atoms with van der Waals surface area (Å²) in [4.78, 5) is 31.7. The van der Waals surface area contributed by atoms with Gasteiger partial charge in [-0.2, -0.15) is 16.3 Å². The molecule has 27 heavy (non-hydrogen) atoms. The molecule has 1 amide bonds. The highest BCUT2D eigenvalue weighted by molar-refractivity contribution is 7.99. The highest BCUT2D eigenvalue weighted by atomic mass is 32.2. The number of amides is 1. The third-order valence-electron chi connectivity index (χ3n) is 4.54. The van der Waals surface area contributed by atoms with Crippen LogP contribution in [0, 0.1) is 12.8 Å². The molecule has 0 radical (unpaired) electrons. The zero-order valence-electron chi connectivity index (χ0n) is 15.9. The topological polar surface area (TPSA) is 79.6 Å². The molecule has 0 unspecified atom stereocenters. The van der Waals surface area contributed by atoms with E-state index >= 15 is 0 Å². The lowest BCUT2D eigenvalue weighted by atomic mass is 9.97. The van der Waals surface area contributed by atoms with E-state index in [9.17, 15) is 9.59 Å². The van der Waals surface area contributed by atoms with Crippen LogP contribution in [0.2, 0.25) is 0 Å². The van der Waals surface area contributed by atoms with Crippen molar-refractivity contribution in [3.63, 3.8) is 0 Å². The molecule has 0 spiro atoms. The third kappa shape index (κ3) is 5.22. The van der Waals surface area contributed by atoms with Crippen molar-refractivity contribution in [1.82, 2.24) is 19.9 Å². The Labute approximate surface area is 167 Å². The molecule has 9 heteroatoms. The van der Waals surface area contributed by atoms with Gasteiger partial charge in [-0.15, -0.1) is 5.10 Å². The van der Waals surface area contributed by atoms with E-state index in [2.05, 4.69) is 27.2 Å². The number of nitrogens with one attached hydrogen (secondary N) is 1. The van der Waals surface area contributed by atoms with Crippen molar-refractivity contribution in [2.75, 3.05) is 36.0 Å². The van der Waals surface area contributed by atoms with Gasteiger partial charge in [0.05, 0.1) is 5.92 Å². The average Bonchev–Trinajstić information content (AvgIpc) is 3.09. The van der Waals surface area contributed by atoms with Gasteiger partial charge in [-0.05, 0) is 44.1 Å². The summed E-state index contributed by atoms with van der Waals surface area (Å²) >= 11 is 3.35. The Bertz CT molecular complexity index is 835. The summed E-state index contributed by atoms with van der Waals surface area (Å²) in [6, 6.07) is 1.49. The third-order valence-corrected chi connectivity index (χ3v) is 6.78. The molecule has 1 fully saturated rings. The zero-order chi connectivity index (χ0) is 19.2. The summed E-state index contributed by atoms with van der Waals surface area (Å²) in [7, 11) is 0. The monoisotopic (exact) mass is 409 g/mol. The quantitative estimate of drug-likeness (QED) is 0.674. The van der Waals surface area contributed by atoms with E-state index in [1.165, 1.54) is 34.1 Å². The molecule has 1 N–H and O–H groups in total. The fourth-order valence-electron chi connectivity index (χ4n) is 3.18. The van der Waals surface area contributed by atoms with Crippen LogP contribution < -0.4 is 15.8 Å². The highest BCUT2D eigenvalue weighted by Gasteiger charge is 2.27. The number of fused-ring (bicyclic) bond motifs is 1. The van der Waals surface area contributed by atoms with Crippen molar-refractivity contribution < 1.29 is 4.79 Å². The first kappa shape index (κ1) is 20.1. The molecule has 0 aliphatic carbocycles. The number of hydrogen-bond acceptors (Lipinski definition) is 7. The molecular formula is C18H27N5O2S2. The van der Waals surface area contributed by atoms with E-state index in [4.69, 9.17) is 0 Å². The van der Waals surface area contributed by atoms with Crippen LogP contribution >= 0.6 is 23.1 Å². The molecule has 0 aromatic carbocycles. The molecule has 2 aromatic rings. The van der Waals surface area contributed by atoms with Crippen LogP contribution in [0.5, 0.6) is 0 Å². The van der Waals surface area contributed by atoms with Gasteiger partial charge < -0.3 is 10.2 Å². The maximum Gasteiger partial charge on any atom is 0.275 e. The van der Waals surface area contributed by atoms with E-state index in [1.807, 2.05) is 18.7 Å². The predicted octanol–water partition coefficient (Wildman–Crippen LogP) is 2.33. The summed E-state index contributed by atoms with van der Waals surface area (Å²) in [6.45, 7) is 6.23. The summed E-state index contributed by atoms with van der Waals surface area (Å²) in [5.74, 6) is 2.39. The number of rotatable bonds is 8. The summed E-state index contributed by atoms with van der Waals surface area (Å²) < 4.78 is 1.35. The Morgan fingerprint density at radius 2 is 2.30 bits per heavy atom. The van der Waals surface area contributed by atoms with Gasteiger partial charge in [-0.25, -0.2) is 4.98 Å². The van der Waals surface area contributed by atoms with Crippen LogP contribution in [0.1, 0.15) is 38.3 Å². The number of carbonyl (C=O) groups is 1. The lowest BCUT2D eigenvalue weighted by molar-refractivity contribution is -0.125. The fraction of sp³-hybridized carbons (Fsp3) is 0.667. The number of nitrogens with zero attached hydrogens (tertiary/aromatic N) is 4. The number of thioether (sulfide) groups is 1. The van der Waals surface area contributed by atoms with Crippen molar-refractivity contribution in [3.8, 4) is 0 Å². The first-order valence-electron chi connectivity index (χ1n) is 9.56. The van der Waals surface area contributed by atoms with Crippen LogP contribution in [0.3, 0.4) is 0 Å². The Morgan fingerprint density at radius 3 is 3.11 bits per heavy atom. The molecule has 1 atom stereocenters. The molecule has 3 rings (SSSR count). The van der Waals surface area contributed by atoms with E-state index in [-0.39, 0.29) is 17.4 Å². The first-order chi connectivity index (χ1) is 13.1. The van der Waals surface area contributed by atoms with Crippen molar-refractivity contribution in [1.29, 1.82) is 0 Å². The number of hydrogen-bond donors (Lipinski definition) is 1. The Hall–Kier alpha value is -1.61. The van der Waals surface area contributed by atoms with Crippen molar-refractivity contribution in [2.24, 2.45) is 5.92 Å². The molecular weight excluding hydrogens is 382 g/mol. The minimum atomic E-state index is -0.160. The Balaban J connectivity index is 1.57. The lowest BCUT2D eigenvalue weighted by Crippen LogP contribution is -2.43. The van der Waals surface area contributed by atoms with Gasteiger partial charge in [0, 0.05) is 31.4 Å². The smallest absolute Gasteiger partial charge is 0.275 e. The van der Waals surface area contributed by atoms with Gasteiger partial charge in [0.15, 0.2) is 0 Å². The maximum absolute atomic E-state index is 12.5. The van der Waals surface area contributed by atoms with Crippen molar-refractivity contribution >= 4 is 39.1 Å². The van der Waals surface area contributed by atoms with Crippen molar-refractivity contribution in [2.45, 2.75) is 39.5 Å². The minimum Gasteiger partial charge on any atom is -0.356 e. The highest BCUT2D eigenvalue weighted by Crippen LogP contribution is 2.26. The fourth-order valence-corrected chi connectivity index (χ4v) is 5.01. The molecule has 1 aliphatic rings. The molecule has 3 heterocycles. The molecule has 1 saturated heterocycles. The van der Waals surface area contributed by atoms with Gasteiger partial charge in [0.2, 0.25) is 16.0 Å². The average molecular weight is 410 g/mol. The van der Waals surface area contributed by atoms with Gasteiger partial charge in [0.1, 0.15) is 0 Å². The van der Waals surface area contributed by atoms with Gasteiger partial charge in [-0.1, -0.05) is 18.3 Å². The van der Waals surface area contributed by atoms with Crippen molar-refractivity contribution in [3.05, 3.63) is 22.1 Å². The van der Waals surface area contributed by atoms with Crippen LogP contribution in [0.4, 0.5) is 5.13 Å². The zero-order valence-corrected chi connectivity index (χ0v) is 17.6. The van der Waals surface area contributed by atoms with Gasteiger partial charge >= 0.3 is 0 Å². The van der Waals surface area contributed by atoms with Crippen LogP contribution in [0.15, 0.2) is 10.9 Å². The summed E-state index contributed by atoms with van der Waals surface area (Å²) in [6.07, 6.45) is 4.05. The first-order valence-corrected chi connectivity index (χ1v) is 11.5. The van der Waals surface area contributed by atoms with Crippen LogP contribution in [-0.2, 0) is 4.79 Å². The SMILES string of the molecule is CCCSCCCNC(=O)[C@@H]1CCCN(c2nn3c(=O)cc(C)nc3s2)C1. The summed E-state index contributed by atoms with van der Waals surface area (Å²) in [5, 5.41) is 8.27. The second-order valence-corrected chi connectivity index (χ2v) is 9.02. The van der Waals surface area contributed by atoms with Crippen LogP contribution in [-0.4, -0.2) is 51.6 Å². The van der Waals surface area contributed by atoms with Gasteiger partial charge in [0.25, 0.3) is 5.56 Å². The molecule has 7 nitrogen and oxygen atoms in total. The minimum absolute atomic E-state index is 0.0273. The van der Waals surface area contributed by atoms with E-state index < -0.39 is 0 Å². The molecule has 0 saturated carbocycles. The number of piperidine rings is 1. The predicted molar refractivity (Wildman–Crippen MR) is 112 cm³/mol. The van der Waals surface area contributed by atoms with Gasteiger partial charge in [-0.3, -0.25) is 9.59 Å². The Morgan fingerprint density at radius 1 is 1.44 bits per heavy atom. The number of carbonyl (C=O) groups excluding carboxylic acids is 1. The second kappa shape index (κ2) is 9.54.